The van der Waals surface area contributed by atoms with Crippen molar-refractivity contribution in [1.82, 2.24) is 4.90 Å². The zero-order valence-corrected chi connectivity index (χ0v) is 22.1. The summed E-state index contributed by atoms with van der Waals surface area (Å²) in [6, 6.07) is 3.28. The molecule has 0 bridgehead atoms. The number of esters is 1. The molecule has 2 atom stereocenters. The summed E-state index contributed by atoms with van der Waals surface area (Å²) >= 11 is 0. The molecule has 0 spiro atoms. The Hall–Kier alpha value is -2.44. The number of hydrogen-bond acceptors (Lipinski definition) is 6. The monoisotopic (exact) mass is 489 g/mol. The predicted octanol–water partition coefficient (Wildman–Crippen LogP) is 5.49. The molecule has 196 valence electrons. The number of carbonyl (C=O) groups is 2. The van der Waals surface area contributed by atoms with Crippen molar-refractivity contribution in [2.75, 3.05) is 27.9 Å². The SMILES string of the molecule is CCC(CC)OC(=O)[C@@H]1CCCCN1C(=O)[C@H](c1cc(OC)c(OC)c(OC)c1)C1CCCCC1. The Kier molecular flexibility index (Phi) is 10.1. The summed E-state index contributed by atoms with van der Waals surface area (Å²) in [7, 11) is 4.76. The van der Waals surface area contributed by atoms with Crippen LogP contribution < -0.4 is 14.2 Å². The maximum absolute atomic E-state index is 14.3. The van der Waals surface area contributed by atoms with E-state index in [0.717, 1.165) is 56.9 Å². The Balaban J connectivity index is 1.99. The summed E-state index contributed by atoms with van der Waals surface area (Å²) in [4.78, 5) is 29.3. The van der Waals surface area contributed by atoms with E-state index in [-0.39, 0.29) is 29.8 Å². The molecule has 1 saturated carbocycles. The van der Waals surface area contributed by atoms with E-state index in [1.807, 2.05) is 26.0 Å². The minimum atomic E-state index is -0.523. The molecule has 1 aromatic carbocycles. The summed E-state index contributed by atoms with van der Waals surface area (Å²) in [5.74, 6) is 1.18. The summed E-state index contributed by atoms with van der Waals surface area (Å²) in [6.45, 7) is 4.62. The lowest BCUT2D eigenvalue weighted by atomic mass is 9.75. The van der Waals surface area contributed by atoms with Crippen LogP contribution in [0.1, 0.15) is 89.5 Å². The van der Waals surface area contributed by atoms with Gasteiger partial charge in [-0.3, -0.25) is 4.79 Å². The van der Waals surface area contributed by atoms with Crippen molar-refractivity contribution in [2.24, 2.45) is 5.92 Å². The first kappa shape index (κ1) is 27.2. The zero-order chi connectivity index (χ0) is 25.4. The number of likely N-dealkylation sites (tertiary alicyclic amines) is 1. The fourth-order valence-corrected chi connectivity index (χ4v) is 5.68. The molecule has 1 amide bonds. The molecule has 1 saturated heterocycles. The number of piperidine rings is 1. The number of nitrogens with zero attached hydrogens (tertiary/aromatic N) is 1. The van der Waals surface area contributed by atoms with Gasteiger partial charge in [0.2, 0.25) is 11.7 Å². The number of rotatable bonds is 10. The first-order valence-electron chi connectivity index (χ1n) is 13.3. The molecule has 1 aliphatic carbocycles. The van der Waals surface area contributed by atoms with Gasteiger partial charge in [0.05, 0.1) is 27.2 Å². The maximum Gasteiger partial charge on any atom is 0.329 e. The molecule has 0 unspecified atom stereocenters. The Labute approximate surface area is 210 Å². The van der Waals surface area contributed by atoms with E-state index < -0.39 is 6.04 Å². The van der Waals surface area contributed by atoms with Crippen molar-refractivity contribution in [3.8, 4) is 17.2 Å². The van der Waals surface area contributed by atoms with Gasteiger partial charge in [-0.15, -0.1) is 0 Å². The average Bonchev–Trinajstić information content (AvgIpc) is 2.91. The van der Waals surface area contributed by atoms with Gasteiger partial charge in [-0.1, -0.05) is 33.1 Å². The van der Waals surface area contributed by atoms with Gasteiger partial charge >= 0.3 is 5.97 Å². The lowest BCUT2D eigenvalue weighted by Gasteiger charge is -2.39. The van der Waals surface area contributed by atoms with Gasteiger partial charge in [-0.05, 0) is 68.6 Å². The van der Waals surface area contributed by atoms with E-state index in [1.165, 1.54) is 6.42 Å². The number of ether oxygens (including phenoxy) is 4. The molecule has 2 fully saturated rings. The van der Waals surface area contributed by atoms with Gasteiger partial charge in [-0.25, -0.2) is 4.79 Å². The van der Waals surface area contributed by atoms with Crippen LogP contribution in [0.15, 0.2) is 12.1 Å². The number of carbonyl (C=O) groups excluding carboxylic acids is 2. The first-order chi connectivity index (χ1) is 17.0. The molecule has 2 aliphatic rings. The van der Waals surface area contributed by atoms with Crippen LogP contribution in [-0.2, 0) is 14.3 Å². The van der Waals surface area contributed by atoms with Crippen LogP contribution in [0.5, 0.6) is 17.2 Å². The molecular formula is C28H43NO6. The number of benzene rings is 1. The molecule has 35 heavy (non-hydrogen) atoms. The van der Waals surface area contributed by atoms with E-state index >= 15 is 0 Å². The molecular weight excluding hydrogens is 446 g/mol. The van der Waals surface area contributed by atoms with Crippen LogP contribution in [-0.4, -0.2) is 56.8 Å². The van der Waals surface area contributed by atoms with Crippen LogP contribution >= 0.6 is 0 Å². The quantitative estimate of drug-likeness (QED) is 0.405. The second-order valence-corrected chi connectivity index (χ2v) is 9.75. The first-order valence-corrected chi connectivity index (χ1v) is 13.3. The molecule has 1 aromatic rings. The van der Waals surface area contributed by atoms with E-state index in [0.29, 0.717) is 30.2 Å². The molecule has 7 nitrogen and oxygen atoms in total. The molecule has 1 aliphatic heterocycles. The van der Waals surface area contributed by atoms with Crippen LogP contribution in [0.4, 0.5) is 0 Å². The molecule has 1 heterocycles. The Bertz CT molecular complexity index is 821. The number of methoxy groups -OCH3 is 3. The summed E-state index contributed by atoms with van der Waals surface area (Å²) in [6.07, 6.45) is 9.31. The fourth-order valence-electron chi connectivity index (χ4n) is 5.68. The van der Waals surface area contributed by atoms with Gasteiger partial charge in [0.1, 0.15) is 12.1 Å². The average molecular weight is 490 g/mol. The van der Waals surface area contributed by atoms with Gasteiger partial charge in [0, 0.05) is 6.54 Å². The van der Waals surface area contributed by atoms with Crippen molar-refractivity contribution in [2.45, 2.75) is 96.1 Å². The third-order valence-corrected chi connectivity index (χ3v) is 7.68. The fraction of sp³-hybridized carbons (Fsp3) is 0.714. The lowest BCUT2D eigenvalue weighted by molar-refractivity contribution is -0.162. The minimum Gasteiger partial charge on any atom is -0.493 e. The number of hydrogen-bond donors (Lipinski definition) is 0. The van der Waals surface area contributed by atoms with Crippen molar-refractivity contribution in [3.05, 3.63) is 17.7 Å². The third-order valence-electron chi connectivity index (χ3n) is 7.68. The highest BCUT2D eigenvalue weighted by molar-refractivity contribution is 5.89. The zero-order valence-electron chi connectivity index (χ0n) is 22.1. The largest absolute Gasteiger partial charge is 0.493 e. The van der Waals surface area contributed by atoms with Crippen LogP contribution in [0.2, 0.25) is 0 Å². The van der Waals surface area contributed by atoms with Crippen LogP contribution in [0.3, 0.4) is 0 Å². The van der Waals surface area contributed by atoms with E-state index in [4.69, 9.17) is 18.9 Å². The third kappa shape index (κ3) is 6.22. The van der Waals surface area contributed by atoms with Gasteiger partial charge in [-0.2, -0.15) is 0 Å². The van der Waals surface area contributed by atoms with Gasteiger partial charge in [0.25, 0.3) is 0 Å². The topological polar surface area (TPSA) is 74.3 Å². The lowest BCUT2D eigenvalue weighted by Crippen LogP contribution is -2.51. The van der Waals surface area contributed by atoms with Crippen LogP contribution in [0.25, 0.3) is 0 Å². The molecule has 7 heteroatoms. The van der Waals surface area contributed by atoms with E-state index in [2.05, 4.69) is 0 Å². The number of amides is 1. The highest BCUT2D eigenvalue weighted by Crippen LogP contribution is 2.45. The molecule has 0 aromatic heterocycles. The second-order valence-electron chi connectivity index (χ2n) is 9.75. The second kappa shape index (κ2) is 13.0. The van der Waals surface area contributed by atoms with E-state index in [1.54, 1.807) is 26.2 Å². The van der Waals surface area contributed by atoms with Crippen LogP contribution in [0, 0.1) is 5.92 Å². The molecule has 0 radical (unpaired) electrons. The summed E-state index contributed by atoms with van der Waals surface area (Å²) in [5, 5.41) is 0. The Morgan fingerprint density at radius 3 is 2.03 bits per heavy atom. The van der Waals surface area contributed by atoms with Crippen molar-refractivity contribution in [3.63, 3.8) is 0 Å². The maximum atomic E-state index is 14.3. The molecule has 0 N–H and O–H groups in total. The molecule has 3 rings (SSSR count). The Morgan fingerprint density at radius 2 is 1.49 bits per heavy atom. The van der Waals surface area contributed by atoms with Crippen molar-refractivity contribution in [1.29, 1.82) is 0 Å². The summed E-state index contributed by atoms with van der Waals surface area (Å²) in [5.41, 5.74) is 0.856. The highest BCUT2D eigenvalue weighted by atomic mass is 16.5. The van der Waals surface area contributed by atoms with Gasteiger partial charge < -0.3 is 23.8 Å². The standard InChI is InChI=1S/C28H43NO6/c1-6-21(7-2)35-28(31)22-15-11-12-16-29(22)27(30)25(19-13-9-8-10-14-19)20-17-23(32-3)26(34-5)24(18-20)33-4/h17-19,21-22,25H,6-16H2,1-5H3/t22-,25-/m0/s1. The normalized spacial score (nSPS) is 19.8. The van der Waals surface area contributed by atoms with E-state index in [9.17, 15) is 9.59 Å². The smallest absolute Gasteiger partial charge is 0.329 e. The van der Waals surface area contributed by atoms with Crippen molar-refractivity contribution >= 4 is 11.9 Å². The van der Waals surface area contributed by atoms with Crippen molar-refractivity contribution < 1.29 is 28.5 Å². The Morgan fingerprint density at radius 1 is 0.886 bits per heavy atom. The summed E-state index contributed by atoms with van der Waals surface area (Å²) < 4.78 is 22.5. The predicted molar refractivity (Wildman–Crippen MR) is 135 cm³/mol. The minimum absolute atomic E-state index is 0.0115. The van der Waals surface area contributed by atoms with Gasteiger partial charge in [0.15, 0.2) is 11.5 Å². The highest BCUT2D eigenvalue weighted by Gasteiger charge is 2.41.